The molecular weight excluding hydrogens is 316 g/mol. The fourth-order valence-electron chi connectivity index (χ4n) is 4.29. The van der Waals surface area contributed by atoms with E-state index in [9.17, 15) is 8.42 Å². The lowest BCUT2D eigenvalue weighted by Crippen LogP contribution is -2.58. The van der Waals surface area contributed by atoms with E-state index in [2.05, 4.69) is 24.3 Å². The summed E-state index contributed by atoms with van der Waals surface area (Å²) in [5.41, 5.74) is 2.43. The summed E-state index contributed by atoms with van der Waals surface area (Å²) in [5.74, 6) is 0.788. The summed E-state index contributed by atoms with van der Waals surface area (Å²) < 4.78 is 23.7. The van der Waals surface area contributed by atoms with Gasteiger partial charge in [-0.05, 0) is 28.9 Å². The van der Waals surface area contributed by atoms with Gasteiger partial charge >= 0.3 is 0 Å². The van der Waals surface area contributed by atoms with Crippen molar-refractivity contribution in [2.24, 2.45) is 11.8 Å². The molecule has 2 bridgehead atoms. The molecule has 3 aliphatic rings. The van der Waals surface area contributed by atoms with E-state index in [1.54, 1.807) is 0 Å². The highest BCUT2D eigenvalue weighted by Gasteiger charge is 2.62. The van der Waals surface area contributed by atoms with Crippen LogP contribution in [0.25, 0.3) is 0 Å². The molecule has 0 amide bonds. The van der Waals surface area contributed by atoms with E-state index >= 15 is 0 Å². The number of hydrogen-bond acceptors (Lipinski definition) is 2. The number of alkyl halides is 1. The van der Waals surface area contributed by atoms with Gasteiger partial charge in [-0.2, -0.15) is 0 Å². The highest BCUT2D eigenvalue weighted by atomic mass is 35.5. The van der Waals surface area contributed by atoms with Gasteiger partial charge in [0.1, 0.15) is 4.71 Å². The quantitative estimate of drug-likeness (QED) is 0.784. The number of sulfone groups is 1. The Balaban J connectivity index is 1.76. The van der Waals surface area contributed by atoms with Crippen molar-refractivity contribution in [1.82, 2.24) is 0 Å². The predicted octanol–water partition coefficient (Wildman–Crippen LogP) is 3.79. The summed E-state index contributed by atoms with van der Waals surface area (Å²) in [4.78, 5) is 0. The second-order valence-corrected chi connectivity index (χ2v) is 9.19. The molecular formula is C18H17ClO2S. The molecule has 0 N–H and O–H groups in total. The molecule has 2 heterocycles. The van der Waals surface area contributed by atoms with E-state index in [-0.39, 0.29) is 29.4 Å². The third-order valence-electron chi connectivity index (χ3n) is 5.19. The van der Waals surface area contributed by atoms with Crippen LogP contribution in [-0.4, -0.2) is 18.9 Å². The smallest absolute Gasteiger partial charge is 0.167 e. The summed E-state index contributed by atoms with van der Waals surface area (Å²) in [6.07, 6.45) is 0. The molecule has 2 aromatic carbocycles. The summed E-state index contributed by atoms with van der Waals surface area (Å²) in [6.45, 7) is 0. The second-order valence-electron chi connectivity index (χ2n) is 6.29. The second kappa shape index (κ2) is 5.10. The van der Waals surface area contributed by atoms with Crippen molar-refractivity contribution in [2.45, 2.75) is 16.5 Å². The Hall–Kier alpha value is -1.32. The fraction of sp³-hybridized carbons (Fsp3) is 0.333. The molecule has 3 atom stereocenters. The van der Waals surface area contributed by atoms with Crippen molar-refractivity contribution < 1.29 is 8.42 Å². The van der Waals surface area contributed by atoms with Crippen molar-refractivity contribution in [3.05, 3.63) is 71.8 Å². The van der Waals surface area contributed by atoms with Gasteiger partial charge in [-0.15, -0.1) is 11.6 Å². The van der Waals surface area contributed by atoms with E-state index in [0.29, 0.717) is 0 Å². The van der Waals surface area contributed by atoms with E-state index in [1.165, 1.54) is 11.1 Å². The first-order valence-corrected chi connectivity index (χ1v) is 9.70. The van der Waals surface area contributed by atoms with Gasteiger partial charge in [0.2, 0.25) is 0 Å². The Morgan fingerprint density at radius 3 is 1.68 bits per heavy atom. The first-order valence-electron chi connectivity index (χ1n) is 7.55. The van der Waals surface area contributed by atoms with Crippen LogP contribution >= 0.6 is 11.6 Å². The number of rotatable bonds is 2. The average Bonchev–Trinajstić information content (AvgIpc) is 2.51. The lowest BCUT2D eigenvalue weighted by molar-refractivity contribution is 0.108. The van der Waals surface area contributed by atoms with Crippen LogP contribution in [0.4, 0.5) is 0 Å². The van der Waals surface area contributed by atoms with Crippen LogP contribution in [0.5, 0.6) is 0 Å². The molecule has 1 saturated carbocycles. The maximum absolute atomic E-state index is 12.2. The summed E-state index contributed by atoms with van der Waals surface area (Å²) >= 11 is 6.40. The molecule has 2 saturated heterocycles. The van der Waals surface area contributed by atoms with Crippen LogP contribution < -0.4 is 0 Å². The van der Waals surface area contributed by atoms with Crippen LogP contribution in [0.3, 0.4) is 0 Å². The Bertz CT molecular complexity index is 726. The van der Waals surface area contributed by atoms with Crippen molar-refractivity contribution in [3.63, 3.8) is 0 Å². The van der Waals surface area contributed by atoms with Crippen molar-refractivity contribution in [3.8, 4) is 0 Å². The highest BCUT2D eigenvalue weighted by molar-refractivity contribution is 7.93. The fourth-order valence-corrected chi connectivity index (χ4v) is 6.78. The third-order valence-corrected chi connectivity index (χ3v) is 8.15. The minimum Gasteiger partial charge on any atom is -0.227 e. The first-order chi connectivity index (χ1) is 10.6. The zero-order valence-corrected chi connectivity index (χ0v) is 13.5. The van der Waals surface area contributed by atoms with Crippen molar-refractivity contribution in [1.29, 1.82) is 0 Å². The molecule has 0 spiro atoms. The van der Waals surface area contributed by atoms with Crippen molar-refractivity contribution >= 4 is 21.4 Å². The third kappa shape index (κ3) is 2.03. The van der Waals surface area contributed by atoms with Crippen LogP contribution in [0.2, 0.25) is 0 Å². The maximum Gasteiger partial charge on any atom is 0.167 e. The van der Waals surface area contributed by atoms with E-state index in [4.69, 9.17) is 11.6 Å². The van der Waals surface area contributed by atoms with Gasteiger partial charge in [-0.1, -0.05) is 60.7 Å². The summed E-state index contributed by atoms with van der Waals surface area (Å²) in [5, 5.41) is 0. The first kappa shape index (κ1) is 14.3. The minimum absolute atomic E-state index is 0.0322. The van der Waals surface area contributed by atoms with Gasteiger partial charge in [0.05, 0.1) is 5.75 Å². The Labute approximate surface area is 136 Å². The van der Waals surface area contributed by atoms with Gasteiger partial charge in [0.25, 0.3) is 0 Å². The topological polar surface area (TPSA) is 34.1 Å². The molecule has 114 valence electrons. The van der Waals surface area contributed by atoms with Gasteiger partial charge in [0.15, 0.2) is 9.84 Å². The number of benzene rings is 2. The molecule has 0 aromatic heterocycles. The van der Waals surface area contributed by atoms with E-state index in [0.717, 1.165) is 0 Å². The number of fused-ring (bicyclic) bond motifs is 2. The van der Waals surface area contributed by atoms with E-state index in [1.807, 2.05) is 36.4 Å². The van der Waals surface area contributed by atoms with Crippen molar-refractivity contribution in [2.75, 3.05) is 5.75 Å². The van der Waals surface area contributed by atoms with E-state index < -0.39 is 14.5 Å². The normalized spacial score (nSPS) is 35.6. The lowest BCUT2D eigenvalue weighted by Gasteiger charge is -2.58. The molecule has 3 fully saturated rings. The largest absolute Gasteiger partial charge is 0.227 e. The maximum atomic E-state index is 12.2. The van der Waals surface area contributed by atoms with Crippen LogP contribution in [0.1, 0.15) is 23.0 Å². The Morgan fingerprint density at radius 1 is 0.818 bits per heavy atom. The van der Waals surface area contributed by atoms with Crippen LogP contribution in [0, 0.1) is 11.8 Å². The number of halogens is 1. The monoisotopic (exact) mass is 332 g/mol. The molecule has 2 nitrogen and oxygen atoms in total. The van der Waals surface area contributed by atoms with Gasteiger partial charge in [-0.3, -0.25) is 0 Å². The molecule has 1 aliphatic carbocycles. The number of hydrogen-bond donors (Lipinski definition) is 0. The van der Waals surface area contributed by atoms with Gasteiger partial charge in [-0.25, -0.2) is 8.42 Å². The zero-order chi connectivity index (χ0) is 15.3. The molecule has 5 rings (SSSR count). The Morgan fingerprint density at radius 2 is 1.27 bits per heavy atom. The molecule has 0 unspecified atom stereocenters. The van der Waals surface area contributed by atoms with Gasteiger partial charge < -0.3 is 0 Å². The van der Waals surface area contributed by atoms with Crippen LogP contribution in [-0.2, 0) is 9.84 Å². The average molecular weight is 333 g/mol. The standard InChI is InChI=1S/C18H17ClO2S/c19-18-17-15(12-7-3-1-4-8-12)14(11-22(18,20)21)16(17)13-9-5-2-6-10-13/h1-10,14-18H,11H2/t14?,15-,16-,17?,18+/m1/s1. The molecule has 2 aromatic rings. The molecule has 0 radical (unpaired) electrons. The molecule has 4 heteroatoms. The van der Waals surface area contributed by atoms with Gasteiger partial charge in [0, 0.05) is 5.92 Å². The summed E-state index contributed by atoms with van der Waals surface area (Å²) in [6, 6.07) is 20.4. The predicted molar refractivity (Wildman–Crippen MR) is 88.8 cm³/mol. The zero-order valence-electron chi connectivity index (χ0n) is 12.0. The molecule has 22 heavy (non-hydrogen) atoms. The van der Waals surface area contributed by atoms with Crippen LogP contribution in [0.15, 0.2) is 60.7 Å². The minimum atomic E-state index is -3.18. The SMILES string of the molecule is O=S1(=O)CC2[C@@H](c3ccccc3)C([C@@H]2c2ccccc2)[C@H]1Cl. The Kier molecular flexibility index (Phi) is 3.31. The highest BCUT2D eigenvalue weighted by Crippen LogP contribution is 2.64. The molecule has 2 aliphatic heterocycles. The lowest BCUT2D eigenvalue weighted by atomic mass is 9.53. The summed E-state index contributed by atoms with van der Waals surface area (Å²) in [7, 11) is -3.18.